The molecule has 1 aliphatic rings. The highest BCUT2D eigenvalue weighted by Gasteiger charge is 2.36. The minimum Gasteiger partial charge on any atom is -0.507 e. The van der Waals surface area contributed by atoms with E-state index in [2.05, 4.69) is 16.0 Å². The van der Waals surface area contributed by atoms with E-state index in [4.69, 9.17) is 5.73 Å². The van der Waals surface area contributed by atoms with E-state index in [1.54, 1.807) is 19.1 Å². The minimum absolute atomic E-state index is 0.0369. The van der Waals surface area contributed by atoms with Gasteiger partial charge in [0.2, 0.25) is 17.7 Å². The molecule has 0 aliphatic carbocycles. The molecule has 4 atom stereocenters. The van der Waals surface area contributed by atoms with Crippen LogP contribution < -0.4 is 21.7 Å². The van der Waals surface area contributed by atoms with E-state index < -0.39 is 53.8 Å². The number of rotatable bonds is 7. The summed E-state index contributed by atoms with van der Waals surface area (Å²) >= 11 is 0. The van der Waals surface area contributed by atoms with Crippen LogP contribution in [-0.4, -0.2) is 81.5 Å². The third-order valence-electron chi connectivity index (χ3n) is 8.16. The van der Waals surface area contributed by atoms with Crippen LogP contribution in [0.15, 0.2) is 54.6 Å². The van der Waals surface area contributed by atoms with Crippen LogP contribution in [0.1, 0.15) is 52.0 Å². The third kappa shape index (κ3) is 7.69. The number of fused-ring (bicyclic) bond motifs is 5. The first kappa shape index (κ1) is 34.4. The molecule has 0 spiro atoms. The van der Waals surface area contributed by atoms with E-state index in [0.29, 0.717) is 16.7 Å². The summed E-state index contributed by atoms with van der Waals surface area (Å²) in [6.45, 7) is 5.08. The zero-order valence-corrected chi connectivity index (χ0v) is 26.5. The molecule has 0 saturated heterocycles. The lowest BCUT2D eigenvalue weighted by Crippen LogP contribution is -2.55. The molecule has 8 N–H and O–H groups in total. The van der Waals surface area contributed by atoms with E-state index in [-0.39, 0.29) is 47.6 Å². The molecule has 13 heteroatoms. The predicted molar refractivity (Wildman–Crippen MR) is 172 cm³/mol. The van der Waals surface area contributed by atoms with E-state index in [1.165, 1.54) is 50.4 Å². The third-order valence-corrected chi connectivity index (χ3v) is 8.16. The largest absolute Gasteiger partial charge is 0.507 e. The number of benzene rings is 3. The Kier molecular flexibility index (Phi) is 10.5. The summed E-state index contributed by atoms with van der Waals surface area (Å²) in [4.78, 5) is 67.4. The average Bonchev–Trinajstić information content (AvgIpc) is 3.01. The molecule has 13 nitrogen and oxygen atoms in total. The van der Waals surface area contributed by atoms with Crippen molar-refractivity contribution in [2.75, 3.05) is 13.6 Å². The minimum atomic E-state index is -1.40. The van der Waals surface area contributed by atoms with Gasteiger partial charge in [-0.3, -0.25) is 19.2 Å². The number of carboxylic acids is 1. The zero-order chi connectivity index (χ0) is 34.6. The second-order valence-corrected chi connectivity index (χ2v) is 11.7. The first-order chi connectivity index (χ1) is 22.2. The molecular weight excluding hydrogens is 606 g/mol. The molecule has 4 bridgehead atoms. The molecule has 3 aromatic rings. The lowest BCUT2D eigenvalue weighted by Gasteiger charge is -2.32. The van der Waals surface area contributed by atoms with Crippen molar-refractivity contribution in [2.45, 2.75) is 57.8 Å². The van der Waals surface area contributed by atoms with Gasteiger partial charge in [0.25, 0.3) is 5.91 Å². The second-order valence-electron chi connectivity index (χ2n) is 11.7. The van der Waals surface area contributed by atoms with Crippen LogP contribution in [0.3, 0.4) is 0 Å². The summed E-state index contributed by atoms with van der Waals surface area (Å²) in [5.74, 6) is -4.53. The summed E-state index contributed by atoms with van der Waals surface area (Å²) in [6, 6.07) is 8.62. The van der Waals surface area contributed by atoms with Crippen molar-refractivity contribution in [1.82, 2.24) is 20.9 Å². The number of hydrogen-bond donors (Lipinski definition) is 7. The van der Waals surface area contributed by atoms with Gasteiger partial charge in [0.05, 0.1) is 0 Å². The van der Waals surface area contributed by atoms with Crippen molar-refractivity contribution >= 4 is 29.6 Å². The van der Waals surface area contributed by atoms with Crippen LogP contribution in [-0.2, 0) is 25.6 Å². The Morgan fingerprint density at radius 3 is 2.26 bits per heavy atom. The molecular formula is C34H39N5O8. The Morgan fingerprint density at radius 1 is 0.957 bits per heavy atom. The van der Waals surface area contributed by atoms with Crippen LogP contribution in [0, 0.1) is 13.8 Å². The van der Waals surface area contributed by atoms with Crippen molar-refractivity contribution in [3.63, 3.8) is 0 Å². The van der Waals surface area contributed by atoms with Crippen LogP contribution in [0.4, 0.5) is 0 Å². The van der Waals surface area contributed by atoms with Gasteiger partial charge in [-0.05, 0) is 80.8 Å². The number of carbonyl (C=O) groups is 5. The fraction of sp³-hybridized carbons (Fsp3) is 0.324. The molecule has 0 fully saturated rings. The van der Waals surface area contributed by atoms with Crippen LogP contribution in [0.2, 0.25) is 0 Å². The summed E-state index contributed by atoms with van der Waals surface area (Å²) < 4.78 is 0. The van der Waals surface area contributed by atoms with E-state index in [9.17, 15) is 39.3 Å². The SMILES string of the molecule is Cc1ccc(C(=O)N[C@@H](CCN)C(=O)N(C)[C@@H]2C(=O)N[C@@H](C)C(=O)N[C@H](C(=O)O)Cc3ccc(O)c(c3)-c3cc2ccc3O)c(C)c1. The molecule has 0 aromatic heterocycles. The van der Waals surface area contributed by atoms with Gasteiger partial charge in [0.1, 0.15) is 35.7 Å². The van der Waals surface area contributed by atoms with Crippen molar-refractivity contribution in [3.05, 3.63) is 82.4 Å². The molecule has 0 unspecified atom stereocenters. The van der Waals surface area contributed by atoms with Crippen LogP contribution >= 0.6 is 0 Å². The standard InChI is InChI=1S/C34H39N5O8/c1-17-5-8-22(18(2)13-17)31(43)37-25(11-12-35)33(45)39(4)29-21-7-10-28(41)24(16-21)23-14-20(6-9-27(23)40)15-26(34(46)47)38-30(42)19(3)36-32(29)44/h5-10,13-14,16,19,25-26,29,40-41H,11-12,15,35H2,1-4H3,(H,36,44)(H,37,43)(H,38,42)(H,46,47)/t19-,25-,26-,29-/m0/s1. The first-order valence-corrected chi connectivity index (χ1v) is 15.0. The van der Waals surface area contributed by atoms with Crippen molar-refractivity contribution in [2.24, 2.45) is 5.73 Å². The van der Waals surface area contributed by atoms with Gasteiger partial charge >= 0.3 is 5.97 Å². The number of hydrogen-bond acceptors (Lipinski definition) is 8. The maximum absolute atomic E-state index is 14.0. The summed E-state index contributed by atoms with van der Waals surface area (Å²) in [5, 5.41) is 39.1. The molecule has 1 heterocycles. The number of nitrogens with one attached hydrogen (secondary N) is 3. The normalized spacial score (nSPS) is 18.6. The zero-order valence-electron chi connectivity index (χ0n) is 26.5. The summed E-state index contributed by atoms with van der Waals surface area (Å²) in [5.41, 5.74) is 8.77. The fourth-order valence-corrected chi connectivity index (χ4v) is 5.61. The van der Waals surface area contributed by atoms with Crippen LogP contribution in [0.5, 0.6) is 11.5 Å². The number of nitrogens with zero attached hydrogens (tertiary/aromatic N) is 1. The van der Waals surface area contributed by atoms with Gasteiger partial charge < -0.3 is 41.9 Å². The first-order valence-electron chi connectivity index (χ1n) is 15.0. The Balaban J connectivity index is 1.79. The van der Waals surface area contributed by atoms with Gasteiger partial charge in [-0.1, -0.05) is 29.8 Å². The Morgan fingerprint density at radius 2 is 1.62 bits per heavy atom. The summed E-state index contributed by atoms with van der Waals surface area (Å²) in [6.07, 6.45) is -0.100. The number of aromatic hydroxyl groups is 2. The van der Waals surface area contributed by atoms with E-state index in [1.807, 2.05) is 13.0 Å². The number of carboxylic acid groups (broad SMARTS) is 1. The molecule has 3 aromatic carbocycles. The highest BCUT2D eigenvalue weighted by molar-refractivity contribution is 6.00. The van der Waals surface area contributed by atoms with Crippen LogP contribution in [0.25, 0.3) is 11.1 Å². The predicted octanol–water partition coefficient (Wildman–Crippen LogP) is 1.66. The molecule has 47 heavy (non-hydrogen) atoms. The van der Waals surface area contributed by atoms with Crippen molar-refractivity contribution in [1.29, 1.82) is 0 Å². The lowest BCUT2D eigenvalue weighted by atomic mass is 9.93. The molecule has 0 radical (unpaired) electrons. The number of aliphatic carboxylic acids is 1. The number of amides is 4. The van der Waals surface area contributed by atoms with E-state index >= 15 is 0 Å². The fourth-order valence-electron chi connectivity index (χ4n) is 5.61. The number of aryl methyl sites for hydroxylation is 2. The second kappa shape index (κ2) is 14.3. The summed E-state index contributed by atoms with van der Waals surface area (Å²) in [7, 11) is 1.36. The molecule has 0 saturated carbocycles. The number of carbonyl (C=O) groups excluding carboxylic acids is 4. The highest BCUT2D eigenvalue weighted by atomic mass is 16.4. The highest BCUT2D eigenvalue weighted by Crippen LogP contribution is 2.38. The number of phenols is 2. The van der Waals surface area contributed by atoms with Crippen molar-refractivity contribution < 1.29 is 39.3 Å². The van der Waals surface area contributed by atoms with E-state index in [0.717, 1.165) is 10.5 Å². The maximum atomic E-state index is 14.0. The number of phenolic OH excluding ortho intramolecular Hbond substituents is 2. The van der Waals surface area contributed by atoms with Gasteiger partial charge in [0, 0.05) is 30.2 Å². The smallest absolute Gasteiger partial charge is 0.326 e. The maximum Gasteiger partial charge on any atom is 0.326 e. The number of likely N-dealkylation sites (N-methyl/N-ethyl adjacent to an activating group) is 1. The average molecular weight is 646 g/mol. The quantitative estimate of drug-likeness (QED) is 0.199. The lowest BCUT2D eigenvalue weighted by molar-refractivity contribution is -0.143. The Bertz CT molecular complexity index is 1720. The van der Waals surface area contributed by atoms with Gasteiger partial charge in [-0.15, -0.1) is 0 Å². The van der Waals surface area contributed by atoms with Gasteiger partial charge in [0.15, 0.2) is 0 Å². The molecule has 1 aliphatic heterocycles. The molecule has 4 amide bonds. The molecule has 4 rings (SSSR count). The topological polar surface area (TPSA) is 211 Å². The Hall–Kier alpha value is -5.43. The molecule has 248 valence electrons. The Labute approximate surface area is 271 Å². The van der Waals surface area contributed by atoms with Gasteiger partial charge in [-0.2, -0.15) is 0 Å². The van der Waals surface area contributed by atoms with Gasteiger partial charge in [-0.25, -0.2) is 4.79 Å². The number of nitrogens with two attached hydrogens (primary N) is 1. The van der Waals surface area contributed by atoms with Crippen molar-refractivity contribution in [3.8, 4) is 22.6 Å². The monoisotopic (exact) mass is 645 g/mol.